The van der Waals surface area contributed by atoms with Gasteiger partial charge in [-0.3, -0.25) is 9.10 Å². The van der Waals surface area contributed by atoms with Crippen molar-refractivity contribution in [3.05, 3.63) is 60.2 Å². The first-order valence-electron chi connectivity index (χ1n) is 8.36. The largest absolute Gasteiger partial charge is 0.492 e. The van der Waals surface area contributed by atoms with Crippen molar-refractivity contribution in [1.29, 1.82) is 0 Å². The Balaban J connectivity index is 2.20. The van der Waals surface area contributed by atoms with Gasteiger partial charge >= 0.3 is 0 Å². The lowest BCUT2D eigenvalue weighted by molar-refractivity contribution is -0.120. The van der Waals surface area contributed by atoms with Crippen LogP contribution in [0.1, 0.15) is 25.5 Å². The summed E-state index contributed by atoms with van der Waals surface area (Å²) in [7, 11) is -3.66. The van der Waals surface area contributed by atoms with Crippen molar-refractivity contribution in [2.24, 2.45) is 0 Å². The number of nitrogens with zero attached hydrogens (tertiary/aromatic N) is 1. The first kappa shape index (κ1) is 19.8. The molecule has 0 heterocycles. The highest BCUT2D eigenvalue weighted by Crippen LogP contribution is 2.29. The zero-order valence-corrected chi connectivity index (χ0v) is 16.0. The molecule has 1 N–H and O–H groups in total. The summed E-state index contributed by atoms with van der Waals surface area (Å²) < 4.78 is 31.1. The summed E-state index contributed by atoms with van der Waals surface area (Å²) in [5.41, 5.74) is 1.29. The summed E-state index contributed by atoms with van der Waals surface area (Å²) in [5.74, 6) is 0.0300. The average molecular weight is 376 g/mol. The van der Waals surface area contributed by atoms with Crippen LogP contribution in [-0.2, 0) is 14.8 Å². The minimum absolute atomic E-state index is 0.229. The second kappa shape index (κ2) is 8.71. The maximum atomic E-state index is 12.5. The van der Waals surface area contributed by atoms with E-state index < -0.39 is 15.9 Å². The molecule has 7 heteroatoms. The van der Waals surface area contributed by atoms with Crippen molar-refractivity contribution < 1.29 is 17.9 Å². The Hall–Kier alpha value is -2.54. The SMILES string of the molecule is CCOc1ccccc1N(CC(=O)N[C@H](C)c1ccccc1)S(C)(=O)=O. The van der Waals surface area contributed by atoms with E-state index in [0.29, 0.717) is 18.0 Å². The van der Waals surface area contributed by atoms with Crippen molar-refractivity contribution in [2.45, 2.75) is 19.9 Å². The Morgan fingerprint density at radius 3 is 2.35 bits per heavy atom. The van der Waals surface area contributed by atoms with Crippen molar-refractivity contribution in [3.8, 4) is 5.75 Å². The number of hydrogen-bond donors (Lipinski definition) is 1. The van der Waals surface area contributed by atoms with Crippen molar-refractivity contribution >= 4 is 21.6 Å². The minimum atomic E-state index is -3.66. The maximum absolute atomic E-state index is 12.5. The molecule has 0 bridgehead atoms. The van der Waals surface area contributed by atoms with Crippen LogP contribution in [-0.4, -0.2) is 33.7 Å². The van der Waals surface area contributed by atoms with Crippen molar-refractivity contribution in [2.75, 3.05) is 23.7 Å². The molecule has 0 spiro atoms. The molecule has 2 rings (SSSR count). The predicted octanol–water partition coefficient (Wildman–Crippen LogP) is 2.73. The quantitative estimate of drug-likeness (QED) is 0.769. The molecule has 0 radical (unpaired) electrons. The predicted molar refractivity (Wildman–Crippen MR) is 103 cm³/mol. The van der Waals surface area contributed by atoms with Gasteiger partial charge in [-0.2, -0.15) is 0 Å². The number of para-hydroxylation sites is 2. The number of sulfonamides is 1. The minimum Gasteiger partial charge on any atom is -0.492 e. The van der Waals surface area contributed by atoms with Gasteiger partial charge < -0.3 is 10.1 Å². The zero-order chi connectivity index (χ0) is 19.2. The van der Waals surface area contributed by atoms with E-state index in [2.05, 4.69) is 5.32 Å². The van der Waals surface area contributed by atoms with Crippen LogP contribution in [0.25, 0.3) is 0 Å². The van der Waals surface area contributed by atoms with Gasteiger partial charge in [0, 0.05) is 0 Å². The van der Waals surface area contributed by atoms with Crippen molar-refractivity contribution in [1.82, 2.24) is 5.32 Å². The van der Waals surface area contributed by atoms with Crippen LogP contribution < -0.4 is 14.4 Å². The number of hydrogen-bond acceptors (Lipinski definition) is 4. The van der Waals surface area contributed by atoms with Gasteiger partial charge in [0.2, 0.25) is 15.9 Å². The maximum Gasteiger partial charge on any atom is 0.241 e. The molecule has 0 fully saturated rings. The van der Waals surface area contributed by atoms with E-state index in [4.69, 9.17) is 4.74 Å². The van der Waals surface area contributed by atoms with E-state index in [1.807, 2.05) is 44.2 Å². The zero-order valence-electron chi connectivity index (χ0n) is 15.2. The van der Waals surface area contributed by atoms with Crippen LogP contribution in [0.2, 0.25) is 0 Å². The molecule has 0 aliphatic heterocycles. The van der Waals surface area contributed by atoms with Gasteiger partial charge in [-0.1, -0.05) is 42.5 Å². The van der Waals surface area contributed by atoms with Gasteiger partial charge in [0.25, 0.3) is 0 Å². The molecule has 26 heavy (non-hydrogen) atoms. The number of anilines is 1. The lowest BCUT2D eigenvalue weighted by Crippen LogP contribution is -2.41. The second-order valence-corrected chi connectivity index (χ2v) is 7.78. The topological polar surface area (TPSA) is 75.7 Å². The third-order valence-electron chi connectivity index (χ3n) is 3.80. The van der Waals surface area contributed by atoms with Crippen molar-refractivity contribution in [3.63, 3.8) is 0 Å². The molecule has 0 aromatic heterocycles. The lowest BCUT2D eigenvalue weighted by atomic mass is 10.1. The Labute approximate surface area is 154 Å². The summed E-state index contributed by atoms with van der Waals surface area (Å²) >= 11 is 0. The van der Waals surface area contributed by atoms with Crippen LogP contribution in [0.4, 0.5) is 5.69 Å². The summed E-state index contributed by atoms with van der Waals surface area (Å²) in [6.07, 6.45) is 1.07. The third-order valence-corrected chi connectivity index (χ3v) is 4.92. The fourth-order valence-electron chi connectivity index (χ4n) is 2.56. The highest BCUT2D eigenvalue weighted by Gasteiger charge is 2.24. The van der Waals surface area contributed by atoms with Crippen LogP contribution in [0, 0.1) is 0 Å². The summed E-state index contributed by atoms with van der Waals surface area (Å²) in [5, 5.41) is 2.83. The van der Waals surface area contributed by atoms with E-state index in [9.17, 15) is 13.2 Å². The number of benzene rings is 2. The van der Waals surface area contributed by atoms with Crippen LogP contribution in [0.3, 0.4) is 0 Å². The van der Waals surface area contributed by atoms with Gasteiger partial charge in [0.15, 0.2) is 0 Å². The summed E-state index contributed by atoms with van der Waals surface area (Å²) in [4.78, 5) is 12.5. The van der Waals surface area contributed by atoms with E-state index in [1.165, 1.54) is 0 Å². The average Bonchev–Trinajstić information content (AvgIpc) is 2.60. The molecule has 2 aromatic carbocycles. The molecule has 0 aliphatic carbocycles. The number of rotatable bonds is 8. The number of nitrogens with one attached hydrogen (secondary N) is 1. The molecule has 2 aromatic rings. The lowest BCUT2D eigenvalue weighted by Gasteiger charge is -2.25. The normalized spacial score (nSPS) is 12.3. The highest BCUT2D eigenvalue weighted by molar-refractivity contribution is 7.92. The standard InChI is InChI=1S/C19H24N2O4S/c1-4-25-18-13-9-8-12-17(18)21(26(3,23)24)14-19(22)20-15(2)16-10-6-5-7-11-16/h5-13,15H,4,14H2,1-3H3,(H,20,22)/t15-/m1/s1. The van der Waals surface area contributed by atoms with Gasteiger partial charge in [-0.15, -0.1) is 0 Å². The summed E-state index contributed by atoms with van der Waals surface area (Å²) in [6.45, 7) is 3.74. The first-order chi connectivity index (χ1) is 12.3. The molecule has 6 nitrogen and oxygen atoms in total. The molecule has 140 valence electrons. The third kappa shape index (κ3) is 5.23. The van der Waals surface area contributed by atoms with Gasteiger partial charge in [-0.05, 0) is 31.5 Å². The molecule has 1 amide bonds. The van der Waals surface area contributed by atoms with E-state index >= 15 is 0 Å². The van der Waals surface area contributed by atoms with Crippen LogP contribution in [0.5, 0.6) is 5.75 Å². The number of amides is 1. The number of carbonyl (C=O) groups excluding carboxylic acids is 1. The van der Waals surface area contributed by atoms with Crippen LogP contribution in [0.15, 0.2) is 54.6 Å². The molecule has 1 atom stereocenters. The molecule has 0 aliphatic rings. The molecule has 0 saturated carbocycles. The second-order valence-electron chi connectivity index (χ2n) is 5.87. The Bertz CT molecular complexity index is 838. The van der Waals surface area contributed by atoms with Gasteiger partial charge in [-0.25, -0.2) is 8.42 Å². The summed E-state index contributed by atoms with van der Waals surface area (Å²) in [6, 6.07) is 16.0. The monoisotopic (exact) mass is 376 g/mol. The molecular formula is C19H24N2O4S. The smallest absolute Gasteiger partial charge is 0.241 e. The van der Waals surface area contributed by atoms with Gasteiger partial charge in [0.1, 0.15) is 12.3 Å². The Morgan fingerprint density at radius 1 is 1.12 bits per heavy atom. The van der Waals surface area contributed by atoms with Gasteiger partial charge in [0.05, 0.1) is 24.6 Å². The number of ether oxygens (including phenoxy) is 1. The van der Waals surface area contributed by atoms with E-state index in [0.717, 1.165) is 16.1 Å². The Kier molecular flexibility index (Phi) is 6.63. The highest BCUT2D eigenvalue weighted by atomic mass is 32.2. The van der Waals surface area contributed by atoms with E-state index in [-0.39, 0.29) is 12.6 Å². The fraction of sp³-hybridized carbons (Fsp3) is 0.316. The van der Waals surface area contributed by atoms with Crippen LogP contribution >= 0.6 is 0 Å². The Morgan fingerprint density at radius 2 is 1.73 bits per heavy atom. The van der Waals surface area contributed by atoms with E-state index in [1.54, 1.807) is 24.3 Å². The molecule has 0 unspecified atom stereocenters. The first-order valence-corrected chi connectivity index (χ1v) is 10.2. The molecule has 0 saturated heterocycles. The fourth-order valence-corrected chi connectivity index (χ4v) is 3.42. The molecular weight excluding hydrogens is 352 g/mol. The number of carbonyl (C=O) groups is 1.